The first-order valence-electron chi connectivity index (χ1n) is 6.45. The second-order valence-corrected chi connectivity index (χ2v) is 5.48. The first-order chi connectivity index (χ1) is 9.78. The molecule has 20 heavy (non-hydrogen) atoms. The number of Topliss-reactive ketones (excluding diaryl/α,β-unsaturated/α-hetero) is 1. The van der Waals surface area contributed by atoms with Crippen LogP contribution in [0.25, 0.3) is 11.4 Å². The molecule has 3 rings (SSSR count). The molecule has 1 unspecified atom stereocenters. The number of benzene rings is 1. The van der Waals surface area contributed by atoms with E-state index in [2.05, 4.69) is 10.1 Å². The standard InChI is InChI=1S/C14H14N2O3S/c1-2-18-10-5-3-4-9(6-10)13-15-14(19-16-13)11-7-20-8-12(11)17/h3-6,11H,2,7-8H2,1H3. The lowest BCUT2D eigenvalue weighted by Crippen LogP contribution is -2.09. The van der Waals surface area contributed by atoms with E-state index in [-0.39, 0.29) is 11.7 Å². The van der Waals surface area contributed by atoms with E-state index < -0.39 is 0 Å². The summed E-state index contributed by atoms with van der Waals surface area (Å²) in [4.78, 5) is 16.0. The topological polar surface area (TPSA) is 65.2 Å². The Balaban J connectivity index is 1.86. The van der Waals surface area contributed by atoms with Gasteiger partial charge in [0, 0.05) is 11.3 Å². The Morgan fingerprint density at radius 3 is 3.15 bits per heavy atom. The van der Waals surface area contributed by atoms with Gasteiger partial charge in [-0.05, 0) is 19.1 Å². The minimum Gasteiger partial charge on any atom is -0.494 e. The van der Waals surface area contributed by atoms with Gasteiger partial charge in [0.2, 0.25) is 11.7 Å². The van der Waals surface area contributed by atoms with Crippen molar-refractivity contribution in [2.24, 2.45) is 0 Å². The van der Waals surface area contributed by atoms with E-state index in [1.807, 2.05) is 31.2 Å². The van der Waals surface area contributed by atoms with Gasteiger partial charge in [0.1, 0.15) is 11.7 Å². The molecule has 0 bridgehead atoms. The van der Waals surface area contributed by atoms with Crippen molar-refractivity contribution < 1.29 is 14.1 Å². The highest BCUT2D eigenvalue weighted by Crippen LogP contribution is 2.30. The van der Waals surface area contributed by atoms with Crippen molar-refractivity contribution in [2.45, 2.75) is 12.8 Å². The maximum atomic E-state index is 11.7. The molecule has 104 valence electrons. The van der Waals surface area contributed by atoms with Crippen molar-refractivity contribution in [3.8, 4) is 17.1 Å². The summed E-state index contributed by atoms with van der Waals surface area (Å²) in [5.74, 6) is 2.83. The Morgan fingerprint density at radius 1 is 1.50 bits per heavy atom. The monoisotopic (exact) mass is 290 g/mol. The van der Waals surface area contributed by atoms with E-state index in [1.165, 1.54) is 0 Å². The summed E-state index contributed by atoms with van der Waals surface area (Å²) in [6.07, 6.45) is 0. The average molecular weight is 290 g/mol. The van der Waals surface area contributed by atoms with Crippen LogP contribution in [-0.4, -0.2) is 34.0 Å². The molecule has 5 nitrogen and oxygen atoms in total. The molecular weight excluding hydrogens is 276 g/mol. The summed E-state index contributed by atoms with van der Waals surface area (Å²) in [5.41, 5.74) is 0.823. The van der Waals surface area contributed by atoms with Crippen LogP contribution in [0.2, 0.25) is 0 Å². The molecule has 1 atom stereocenters. The second-order valence-electron chi connectivity index (χ2n) is 4.45. The molecule has 0 N–H and O–H groups in total. The zero-order valence-corrected chi connectivity index (χ0v) is 11.9. The SMILES string of the molecule is CCOc1cccc(-c2noc(C3CSCC3=O)n2)c1. The lowest BCUT2D eigenvalue weighted by Gasteiger charge is -2.03. The fraction of sp³-hybridized carbons (Fsp3) is 0.357. The number of carbonyl (C=O) groups is 1. The molecule has 0 saturated carbocycles. The van der Waals surface area contributed by atoms with Crippen molar-refractivity contribution in [1.29, 1.82) is 0 Å². The van der Waals surface area contributed by atoms with Crippen LogP contribution >= 0.6 is 11.8 Å². The predicted octanol–water partition coefficient (Wildman–Crippen LogP) is 2.53. The first kappa shape index (κ1) is 13.2. The van der Waals surface area contributed by atoms with Gasteiger partial charge in [-0.25, -0.2) is 0 Å². The van der Waals surface area contributed by atoms with Gasteiger partial charge in [-0.3, -0.25) is 4.79 Å². The highest BCUT2D eigenvalue weighted by molar-refractivity contribution is 8.00. The molecule has 6 heteroatoms. The largest absolute Gasteiger partial charge is 0.494 e. The van der Waals surface area contributed by atoms with E-state index >= 15 is 0 Å². The van der Waals surface area contributed by atoms with Gasteiger partial charge in [0.15, 0.2) is 5.78 Å². The molecule has 1 aromatic heterocycles. The number of nitrogens with zero attached hydrogens (tertiary/aromatic N) is 2. The number of ketones is 1. The van der Waals surface area contributed by atoms with Crippen LogP contribution in [0.1, 0.15) is 18.7 Å². The molecule has 0 amide bonds. The van der Waals surface area contributed by atoms with Gasteiger partial charge in [-0.1, -0.05) is 17.3 Å². The summed E-state index contributed by atoms with van der Waals surface area (Å²) in [7, 11) is 0. The van der Waals surface area contributed by atoms with Crippen LogP contribution < -0.4 is 4.74 Å². The van der Waals surface area contributed by atoms with Crippen LogP contribution in [-0.2, 0) is 4.79 Å². The van der Waals surface area contributed by atoms with Gasteiger partial charge in [-0.2, -0.15) is 16.7 Å². The zero-order chi connectivity index (χ0) is 13.9. The van der Waals surface area contributed by atoms with Crippen LogP contribution in [0.15, 0.2) is 28.8 Å². The van der Waals surface area contributed by atoms with Crippen molar-refractivity contribution >= 4 is 17.5 Å². The van der Waals surface area contributed by atoms with Crippen molar-refractivity contribution in [3.63, 3.8) is 0 Å². The predicted molar refractivity (Wildman–Crippen MR) is 76.0 cm³/mol. The minimum absolute atomic E-state index is 0.160. The van der Waals surface area contributed by atoms with Crippen molar-refractivity contribution in [1.82, 2.24) is 10.1 Å². The van der Waals surface area contributed by atoms with Crippen LogP contribution in [0.4, 0.5) is 0 Å². The fourth-order valence-corrected chi connectivity index (χ4v) is 3.15. The lowest BCUT2D eigenvalue weighted by molar-refractivity contribution is -0.117. The maximum absolute atomic E-state index is 11.7. The van der Waals surface area contributed by atoms with E-state index in [1.54, 1.807) is 11.8 Å². The number of hydrogen-bond acceptors (Lipinski definition) is 6. The number of rotatable bonds is 4. The van der Waals surface area contributed by atoms with Crippen LogP contribution in [0.5, 0.6) is 5.75 Å². The highest BCUT2D eigenvalue weighted by atomic mass is 32.2. The quantitative estimate of drug-likeness (QED) is 0.862. The Morgan fingerprint density at radius 2 is 2.40 bits per heavy atom. The molecule has 0 radical (unpaired) electrons. The smallest absolute Gasteiger partial charge is 0.238 e. The van der Waals surface area contributed by atoms with E-state index in [4.69, 9.17) is 9.26 Å². The molecule has 0 aliphatic carbocycles. The van der Waals surface area contributed by atoms with Crippen molar-refractivity contribution in [3.05, 3.63) is 30.2 Å². The summed E-state index contributed by atoms with van der Waals surface area (Å²) in [6, 6.07) is 7.52. The zero-order valence-electron chi connectivity index (χ0n) is 11.0. The van der Waals surface area contributed by atoms with E-state index in [0.29, 0.717) is 24.1 Å². The summed E-state index contributed by atoms with van der Waals surface area (Å²) in [6.45, 7) is 2.54. The number of carbonyl (C=O) groups excluding carboxylic acids is 1. The van der Waals surface area contributed by atoms with E-state index in [0.717, 1.165) is 17.1 Å². The molecule has 1 aliphatic rings. The van der Waals surface area contributed by atoms with Gasteiger partial charge >= 0.3 is 0 Å². The van der Waals surface area contributed by atoms with Crippen LogP contribution in [0.3, 0.4) is 0 Å². The fourth-order valence-electron chi connectivity index (χ4n) is 2.07. The van der Waals surface area contributed by atoms with Crippen LogP contribution in [0, 0.1) is 0 Å². The summed E-state index contributed by atoms with van der Waals surface area (Å²) in [5, 5.41) is 3.96. The number of ether oxygens (including phenoxy) is 1. The lowest BCUT2D eigenvalue weighted by atomic mass is 10.1. The molecule has 1 fully saturated rings. The van der Waals surface area contributed by atoms with E-state index in [9.17, 15) is 4.79 Å². The molecule has 1 saturated heterocycles. The summed E-state index contributed by atoms with van der Waals surface area (Å²) < 4.78 is 10.7. The number of thioether (sulfide) groups is 1. The molecular formula is C14H14N2O3S. The first-order valence-corrected chi connectivity index (χ1v) is 7.60. The Kier molecular flexibility index (Phi) is 3.73. The Bertz CT molecular complexity index is 626. The third-order valence-electron chi connectivity index (χ3n) is 3.06. The number of aromatic nitrogens is 2. The second kappa shape index (κ2) is 5.66. The molecule has 1 aliphatic heterocycles. The van der Waals surface area contributed by atoms with Gasteiger partial charge in [0.05, 0.1) is 12.4 Å². The Hall–Kier alpha value is -1.82. The molecule has 2 aromatic rings. The number of hydrogen-bond donors (Lipinski definition) is 0. The average Bonchev–Trinajstić information content (AvgIpc) is 3.08. The Labute approximate surface area is 120 Å². The van der Waals surface area contributed by atoms with Gasteiger partial charge in [-0.15, -0.1) is 0 Å². The van der Waals surface area contributed by atoms with Gasteiger partial charge in [0.25, 0.3) is 0 Å². The maximum Gasteiger partial charge on any atom is 0.238 e. The normalized spacial score (nSPS) is 18.4. The van der Waals surface area contributed by atoms with Crippen molar-refractivity contribution in [2.75, 3.05) is 18.1 Å². The molecule has 2 heterocycles. The highest BCUT2D eigenvalue weighted by Gasteiger charge is 2.31. The third kappa shape index (κ3) is 2.56. The summed E-state index contributed by atoms with van der Waals surface area (Å²) >= 11 is 1.60. The van der Waals surface area contributed by atoms with Gasteiger partial charge < -0.3 is 9.26 Å². The molecule has 0 spiro atoms. The molecule has 1 aromatic carbocycles. The third-order valence-corrected chi connectivity index (χ3v) is 4.12. The minimum atomic E-state index is -0.253.